The van der Waals surface area contributed by atoms with Gasteiger partial charge in [0, 0.05) is 29.4 Å². The molecule has 0 aliphatic heterocycles. The van der Waals surface area contributed by atoms with Gasteiger partial charge in [0.05, 0.1) is 6.20 Å². The minimum absolute atomic E-state index is 0.378. The second-order valence-electron chi connectivity index (χ2n) is 5.61. The molecule has 0 bridgehead atoms. The molecule has 3 rings (SSSR count). The first-order chi connectivity index (χ1) is 9.79. The molecule has 4 heteroatoms. The Bertz CT molecular complexity index is 570. The van der Waals surface area contributed by atoms with Crippen LogP contribution in [0.25, 0.3) is 10.8 Å². The number of nitrogens with two attached hydrogens (primary N) is 1. The summed E-state index contributed by atoms with van der Waals surface area (Å²) in [6.07, 6.45) is 6.36. The number of anilines is 1. The van der Waals surface area contributed by atoms with Crippen LogP contribution in [0.5, 0.6) is 0 Å². The molecule has 0 radical (unpaired) electrons. The topological polar surface area (TPSA) is 55.0 Å². The van der Waals surface area contributed by atoms with Crippen molar-refractivity contribution in [3.63, 3.8) is 0 Å². The molecule has 0 unspecified atom stereocenters. The molecule has 0 saturated heterocycles. The Labute approximate surface area is 120 Å². The summed E-state index contributed by atoms with van der Waals surface area (Å²) in [6, 6.07) is 9.26. The van der Waals surface area contributed by atoms with Gasteiger partial charge in [-0.3, -0.25) is 0 Å². The van der Waals surface area contributed by atoms with Crippen LogP contribution < -0.4 is 10.6 Å². The van der Waals surface area contributed by atoms with E-state index in [0.717, 1.165) is 43.4 Å². The van der Waals surface area contributed by atoms with Crippen molar-refractivity contribution < 1.29 is 0 Å². The summed E-state index contributed by atoms with van der Waals surface area (Å²) < 4.78 is 0. The van der Waals surface area contributed by atoms with Crippen LogP contribution in [0.3, 0.4) is 0 Å². The fourth-order valence-electron chi connectivity index (χ4n) is 3.22. The third kappa shape index (κ3) is 2.48. The van der Waals surface area contributed by atoms with E-state index in [1.165, 1.54) is 5.39 Å². The smallest absolute Gasteiger partial charge is 0.159 e. The lowest BCUT2D eigenvalue weighted by Crippen LogP contribution is -2.41. The molecule has 1 heterocycles. The first-order valence-corrected chi connectivity index (χ1v) is 7.52. The standard InChI is InChI=1S/C16H22N4/c1-2-20(14-9-7-13(17)8-10-14)16-15-6-4-3-5-12(15)11-18-19-16/h3-6,11,13-14H,2,7-10,17H2,1H3. The Morgan fingerprint density at radius 2 is 1.95 bits per heavy atom. The maximum atomic E-state index is 6.02. The molecule has 1 aromatic heterocycles. The van der Waals surface area contributed by atoms with Gasteiger partial charge in [-0.2, -0.15) is 5.10 Å². The molecule has 2 N–H and O–H groups in total. The SMILES string of the molecule is CCN(c1nncc2ccccc12)C1CCC(N)CC1. The van der Waals surface area contributed by atoms with E-state index in [-0.39, 0.29) is 0 Å². The van der Waals surface area contributed by atoms with E-state index in [1.807, 2.05) is 12.3 Å². The molecule has 1 fully saturated rings. The molecular formula is C16H22N4. The number of rotatable bonds is 3. The number of hydrogen-bond donors (Lipinski definition) is 1. The average Bonchev–Trinajstić information content (AvgIpc) is 2.50. The van der Waals surface area contributed by atoms with Crippen molar-refractivity contribution in [2.75, 3.05) is 11.4 Å². The van der Waals surface area contributed by atoms with Crippen LogP contribution in [0.2, 0.25) is 0 Å². The lowest BCUT2D eigenvalue weighted by atomic mass is 9.90. The van der Waals surface area contributed by atoms with Crippen LogP contribution in [-0.2, 0) is 0 Å². The molecule has 1 aliphatic rings. The largest absolute Gasteiger partial charge is 0.352 e. The third-order valence-electron chi connectivity index (χ3n) is 4.35. The molecule has 1 aromatic carbocycles. The molecule has 0 amide bonds. The van der Waals surface area contributed by atoms with Gasteiger partial charge < -0.3 is 10.6 Å². The maximum absolute atomic E-state index is 6.02. The Kier molecular flexibility index (Phi) is 3.83. The highest BCUT2D eigenvalue weighted by Crippen LogP contribution is 2.29. The Morgan fingerprint density at radius 1 is 1.20 bits per heavy atom. The van der Waals surface area contributed by atoms with Crippen molar-refractivity contribution in [1.29, 1.82) is 0 Å². The molecule has 2 aromatic rings. The zero-order valence-electron chi connectivity index (χ0n) is 12.0. The average molecular weight is 270 g/mol. The quantitative estimate of drug-likeness (QED) is 0.931. The summed E-state index contributed by atoms with van der Waals surface area (Å²) in [5.74, 6) is 1.02. The van der Waals surface area contributed by atoms with Crippen LogP contribution in [-0.4, -0.2) is 28.8 Å². The van der Waals surface area contributed by atoms with Crippen LogP contribution in [0.1, 0.15) is 32.6 Å². The summed E-state index contributed by atoms with van der Waals surface area (Å²) >= 11 is 0. The highest BCUT2D eigenvalue weighted by atomic mass is 15.3. The first-order valence-electron chi connectivity index (χ1n) is 7.52. The van der Waals surface area contributed by atoms with Gasteiger partial charge in [-0.1, -0.05) is 24.3 Å². The number of aromatic nitrogens is 2. The molecule has 1 aliphatic carbocycles. The van der Waals surface area contributed by atoms with Gasteiger partial charge in [-0.05, 0) is 32.6 Å². The fraction of sp³-hybridized carbons (Fsp3) is 0.500. The van der Waals surface area contributed by atoms with Crippen LogP contribution in [0.4, 0.5) is 5.82 Å². The number of hydrogen-bond acceptors (Lipinski definition) is 4. The van der Waals surface area contributed by atoms with Gasteiger partial charge in [-0.15, -0.1) is 5.10 Å². The molecule has 106 valence electrons. The summed E-state index contributed by atoms with van der Waals surface area (Å²) in [4.78, 5) is 2.40. The van der Waals surface area contributed by atoms with Crippen LogP contribution >= 0.6 is 0 Å². The molecule has 1 saturated carbocycles. The third-order valence-corrected chi connectivity index (χ3v) is 4.35. The van der Waals surface area contributed by atoms with Crippen LogP contribution in [0.15, 0.2) is 30.5 Å². The molecule has 0 spiro atoms. The van der Waals surface area contributed by atoms with Crippen molar-refractivity contribution in [1.82, 2.24) is 10.2 Å². The van der Waals surface area contributed by atoms with E-state index in [9.17, 15) is 0 Å². The highest BCUT2D eigenvalue weighted by Gasteiger charge is 2.25. The second kappa shape index (κ2) is 5.75. The van der Waals surface area contributed by atoms with E-state index in [4.69, 9.17) is 5.73 Å². The molecular weight excluding hydrogens is 248 g/mol. The summed E-state index contributed by atoms with van der Waals surface area (Å²) in [7, 11) is 0. The van der Waals surface area contributed by atoms with Crippen molar-refractivity contribution >= 4 is 16.6 Å². The van der Waals surface area contributed by atoms with E-state index >= 15 is 0 Å². The van der Waals surface area contributed by atoms with Crippen molar-refractivity contribution in [2.24, 2.45) is 5.73 Å². The lowest BCUT2D eigenvalue weighted by Gasteiger charge is -2.36. The Hall–Kier alpha value is -1.68. The zero-order valence-corrected chi connectivity index (χ0v) is 12.0. The maximum Gasteiger partial charge on any atom is 0.159 e. The zero-order chi connectivity index (χ0) is 13.9. The number of nitrogens with zero attached hydrogens (tertiary/aromatic N) is 3. The Balaban J connectivity index is 1.95. The Morgan fingerprint density at radius 3 is 2.70 bits per heavy atom. The van der Waals surface area contributed by atoms with E-state index < -0.39 is 0 Å². The van der Waals surface area contributed by atoms with Gasteiger partial charge in [0.1, 0.15) is 0 Å². The minimum atomic E-state index is 0.378. The van der Waals surface area contributed by atoms with E-state index in [1.54, 1.807) is 0 Å². The second-order valence-corrected chi connectivity index (χ2v) is 5.61. The summed E-state index contributed by atoms with van der Waals surface area (Å²) in [5.41, 5.74) is 6.02. The first kappa shape index (κ1) is 13.3. The fourth-order valence-corrected chi connectivity index (χ4v) is 3.22. The molecule has 0 atom stereocenters. The monoisotopic (exact) mass is 270 g/mol. The normalized spacial score (nSPS) is 22.9. The van der Waals surface area contributed by atoms with Gasteiger partial charge in [-0.25, -0.2) is 0 Å². The van der Waals surface area contributed by atoms with Crippen molar-refractivity contribution in [3.8, 4) is 0 Å². The van der Waals surface area contributed by atoms with Crippen molar-refractivity contribution in [2.45, 2.75) is 44.7 Å². The summed E-state index contributed by atoms with van der Waals surface area (Å²) in [5, 5.41) is 10.9. The number of fused-ring (bicyclic) bond motifs is 1. The predicted octanol–water partition coefficient (Wildman–Crippen LogP) is 2.73. The van der Waals surface area contributed by atoms with Crippen LogP contribution in [0, 0.1) is 0 Å². The molecule has 20 heavy (non-hydrogen) atoms. The predicted molar refractivity (Wildman–Crippen MR) is 82.8 cm³/mol. The van der Waals surface area contributed by atoms with Gasteiger partial charge >= 0.3 is 0 Å². The van der Waals surface area contributed by atoms with Gasteiger partial charge in [0.25, 0.3) is 0 Å². The lowest BCUT2D eigenvalue weighted by molar-refractivity contribution is 0.377. The molecule has 4 nitrogen and oxygen atoms in total. The number of benzene rings is 1. The van der Waals surface area contributed by atoms with Gasteiger partial charge in [0.15, 0.2) is 5.82 Å². The highest BCUT2D eigenvalue weighted by molar-refractivity contribution is 5.91. The van der Waals surface area contributed by atoms with Gasteiger partial charge in [0.2, 0.25) is 0 Å². The minimum Gasteiger partial charge on any atom is -0.352 e. The van der Waals surface area contributed by atoms with E-state index in [2.05, 4.69) is 40.2 Å². The van der Waals surface area contributed by atoms with Crippen molar-refractivity contribution in [3.05, 3.63) is 30.5 Å². The van der Waals surface area contributed by atoms with E-state index in [0.29, 0.717) is 12.1 Å². The summed E-state index contributed by atoms with van der Waals surface area (Å²) in [6.45, 7) is 3.15.